The Kier molecular flexibility index (Phi) is 4.95. The summed E-state index contributed by atoms with van der Waals surface area (Å²) in [6.45, 7) is 1.89. The molecule has 5 nitrogen and oxygen atoms in total. The van der Waals surface area contributed by atoms with Crippen LogP contribution in [0.3, 0.4) is 0 Å². The van der Waals surface area contributed by atoms with Crippen LogP contribution in [0.5, 0.6) is 5.75 Å². The van der Waals surface area contributed by atoms with Gasteiger partial charge in [-0.05, 0) is 52.7 Å². The van der Waals surface area contributed by atoms with Crippen molar-refractivity contribution < 1.29 is 9.53 Å². The number of nitrogens with one attached hydrogen (secondary N) is 2. The van der Waals surface area contributed by atoms with E-state index in [2.05, 4.69) is 31.4 Å². The van der Waals surface area contributed by atoms with Crippen molar-refractivity contribution in [2.24, 2.45) is 5.10 Å². The molecule has 1 aromatic heterocycles. The predicted molar refractivity (Wildman–Crippen MR) is 80.9 cm³/mol. The third-order valence-electron chi connectivity index (χ3n) is 2.46. The number of carbonyl (C=O) groups excluding carboxylic acids is 1. The fourth-order valence-corrected chi connectivity index (χ4v) is 2.10. The molecule has 2 N–H and O–H groups in total. The van der Waals surface area contributed by atoms with Crippen molar-refractivity contribution in [3.8, 4) is 5.75 Å². The van der Waals surface area contributed by atoms with Crippen LogP contribution in [0.15, 0.2) is 46.1 Å². The molecule has 6 heteroatoms. The number of halogens is 1. The maximum Gasteiger partial charge on any atom is 0.277 e. The van der Waals surface area contributed by atoms with E-state index in [-0.39, 0.29) is 12.5 Å². The van der Waals surface area contributed by atoms with Crippen LogP contribution in [0.1, 0.15) is 11.3 Å². The monoisotopic (exact) mass is 335 g/mol. The highest BCUT2D eigenvalue weighted by Gasteiger charge is 2.04. The summed E-state index contributed by atoms with van der Waals surface area (Å²) >= 11 is 3.39. The van der Waals surface area contributed by atoms with Crippen molar-refractivity contribution in [1.29, 1.82) is 0 Å². The second kappa shape index (κ2) is 6.91. The molecule has 0 fully saturated rings. The van der Waals surface area contributed by atoms with Gasteiger partial charge in [-0.1, -0.05) is 6.07 Å². The zero-order valence-electron chi connectivity index (χ0n) is 10.9. The van der Waals surface area contributed by atoms with Crippen molar-refractivity contribution in [3.63, 3.8) is 0 Å². The van der Waals surface area contributed by atoms with Gasteiger partial charge in [0, 0.05) is 6.20 Å². The van der Waals surface area contributed by atoms with Gasteiger partial charge in [-0.2, -0.15) is 5.10 Å². The largest absolute Gasteiger partial charge is 0.483 e. The summed E-state index contributed by atoms with van der Waals surface area (Å²) in [7, 11) is 0. The zero-order chi connectivity index (χ0) is 14.4. The van der Waals surface area contributed by atoms with Crippen molar-refractivity contribution in [3.05, 3.63) is 52.3 Å². The molecule has 2 rings (SSSR count). The van der Waals surface area contributed by atoms with E-state index < -0.39 is 0 Å². The molecule has 0 saturated heterocycles. The first-order chi connectivity index (χ1) is 9.65. The molecule has 1 aromatic carbocycles. The van der Waals surface area contributed by atoms with Crippen LogP contribution in [0.25, 0.3) is 0 Å². The summed E-state index contributed by atoms with van der Waals surface area (Å²) in [6.07, 6.45) is 3.31. The first-order valence-corrected chi connectivity index (χ1v) is 6.78. The Hall–Kier alpha value is -2.08. The number of benzene rings is 1. The first kappa shape index (κ1) is 14.3. The lowest BCUT2D eigenvalue weighted by molar-refractivity contribution is -0.123. The number of hydrogen-bond donors (Lipinski definition) is 2. The van der Waals surface area contributed by atoms with E-state index in [4.69, 9.17) is 4.74 Å². The molecule has 0 aliphatic carbocycles. The van der Waals surface area contributed by atoms with Crippen LogP contribution in [-0.2, 0) is 4.79 Å². The number of nitrogens with zero attached hydrogens (tertiary/aromatic N) is 1. The zero-order valence-corrected chi connectivity index (χ0v) is 12.5. The van der Waals surface area contributed by atoms with Crippen molar-refractivity contribution in [1.82, 2.24) is 10.4 Å². The summed E-state index contributed by atoms with van der Waals surface area (Å²) in [4.78, 5) is 14.5. The lowest BCUT2D eigenvalue weighted by atomic mass is 10.2. The summed E-state index contributed by atoms with van der Waals surface area (Å²) < 4.78 is 6.22. The van der Waals surface area contributed by atoms with E-state index in [0.29, 0.717) is 5.75 Å². The molecule has 2 aromatic rings. The van der Waals surface area contributed by atoms with Crippen LogP contribution in [0.4, 0.5) is 0 Å². The Morgan fingerprint density at radius 3 is 3.05 bits per heavy atom. The molecule has 104 valence electrons. The number of rotatable bonds is 5. The van der Waals surface area contributed by atoms with Crippen LogP contribution in [0.2, 0.25) is 0 Å². The van der Waals surface area contributed by atoms with Gasteiger partial charge in [-0.25, -0.2) is 5.43 Å². The molecule has 0 aliphatic heterocycles. The molecule has 0 radical (unpaired) electrons. The fourth-order valence-electron chi connectivity index (χ4n) is 1.50. The lowest BCUT2D eigenvalue weighted by Crippen LogP contribution is -2.24. The Balaban J connectivity index is 1.80. The molecule has 0 spiro atoms. The van der Waals surface area contributed by atoms with Crippen molar-refractivity contribution in [2.75, 3.05) is 6.61 Å². The number of aryl methyl sites for hydroxylation is 1. The molecule has 0 aliphatic rings. The second-order valence-corrected chi connectivity index (χ2v) is 5.00. The number of aromatic nitrogens is 1. The second-order valence-electron chi connectivity index (χ2n) is 4.14. The standard InChI is InChI=1S/C14H14BrN3O2/c1-10-4-5-13(12(15)7-10)20-9-14(19)18-17-8-11-3-2-6-16-11/h2-8,16H,9H2,1H3,(H,18,19). The number of carbonyl (C=O) groups is 1. The first-order valence-electron chi connectivity index (χ1n) is 5.99. The topological polar surface area (TPSA) is 66.5 Å². The maximum atomic E-state index is 11.5. The molecule has 0 unspecified atom stereocenters. The maximum absolute atomic E-state index is 11.5. The van der Waals surface area contributed by atoms with Gasteiger partial charge >= 0.3 is 0 Å². The van der Waals surface area contributed by atoms with Gasteiger partial charge in [0.05, 0.1) is 16.4 Å². The van der Waals surface area contributed by atoms with Crippen LogP contribution in [-0.4, -0.2) is 23.7 Å². The molecular formula is C14H14BrN3O2. The molecule has 0 bridgehead atoms. The number of aromatic amines is 1. The summed E-state index contributed by atoms with van der Waals surface area (Å²) in [5, 5.41) is 3.82. The van der Waals surface area contributed by atoms with Crippen molar-refractivity contribution >= 4 is 28.1 Å². The minimum atomic E-state index is -0.319. The smallest absolute Gasteiger partial charge is 0.277 e. The number of H-pyrrole nitrogens is 1. The highest BCUT2D eigenvalue weighted by Crippen LogP contribution is 2.25. The Morgan fingerprint density at radius 2 is 2.35 bits per heavy atom. The van der Waals surface area contributed by atoms with Gasteiger partial charge in [0.25, 0.3) is 5.91 Å². The van der Waals surface area contributed by atoms with Crippen LogP contribution in [0, 0.1) is 6.92 Å². The van der Waals surface area contributed by atoms with E-state index >= 15 is 0 Å². The average Bonchev–Trinajstić information content (AvgIpc) is 2.91. The number of ether oxygens (including phenoxy) is 1. The van der Waals surface area contributed by atoms with E-state index in [1.807, 2.05) is 37.3 Å². The number of amides is 1. The van der Waals surface area contributed by atoms with E-state index in [9.17, 15) is 4.79 Å². The van der Waals surface area contributed by atoms with Gasteiger partial charge in [0.1, 0.15) is 5.75 Å². The Bertz CT molecular complexity index is 609. The summed E-state index contributed by atoms with van der Waals surface area (Å²) in [6, 6.07) is 9.35. The van der Waals surface area contributed by atoms with E-state index in [1.165, 1.54) is 6.21 Å². The molecular weight excluding hydrogens is 322 g/mol. The summed E-state index contributed by atoms with van der Waals surface area (Å²) in [5.74, 6) is 0.305. The average molecular weight is 336 g/mol. The minimum absolute atomic E-state index is 0.0935. The number of hydrazone groups is 1. The predicted octanol–water partition coefficient (Wildman–Crippen LogP) is 2.61. The van der Waals surface area contributed by atoms with Gasteiger partial charge < -0.3 is 9.72 Å². The van der Waals surface area contributed by atoms with Crippen LogP contribution >= 0.6 is 15.9 Å². The minimum Gasteiger partial charge on any atom is -0.483 e. The highest BCUT2D eigenvalue weighted by molar-refractivity contribution is 9.10. The van der Waals surface area contributed by atoms with Gasteiger partial charge in [0.15, 0.2) is 6.61 Å². The van der Waals surface area contributed by atoms with Crippen LogP contribution < -0.4 is 10.2 Å². The summed E-state index contributed by atoms with van der Waals surface area (Å²) in [5.41, 5.74) is 4.32. The Morgan fingerprint density at radius 1 is 1.50 bits per heavy atom. The molecule has 20 heavy (non-hydrogen) atoms. The van der Waals surface area contributed by atoms with E-state index in [1.54, 1.807) is 6.20 Å². The normalized spacial score (nSPS) is 10.7. The van der Waals surface area contributed by atoms with Gasteiger partial charge in [-0.3, -0.25) is 4.79 Å². The molecule has 1 heterocycles. The molecule has 1 amide bonds. The SMILES string of the molecule is Cc1ccc(OCC(=O)NN=Cc2ccc[nH]2)c(Br)c1. The van der Waals surface area contributed by atoms with Gasteiger partial charge in [-0.15, -0.1) is 0 Å². The molecule has 0 atom stereocenters. The highest BCUT2D eigenvalue weighted by atomic mass is 79.9. The quantitative estimate of drug-likeness (QED) is 0.651. The lowest BCUT2D eigenvalue weighted by Gasteiger charge is -2.07. The van der Waals surface area contributed by atoms with Gasteiger partial charge in [0.2, 0.25) is 0 Å². The van der Waals surface area contributed by atoms with Crippen molar-refractivity contribution in [2.45, 2.75) is 6.92 Å². The number of hydrogen-bond acceptors (Lipinski definition) is 3. The third-order valence-corrected chi connectivity index (χ3v) is 3.08. The Labute approximate surface area is 125 Å². The molecule has 0 saturated carbocycles. The van der Waals surface area contributed by atoms with E-state index in [0.717, 1.165) is 15.7 Å². The third kappa shape index (κ3) is 4.24. The fraction of sp³-hybridized carbons (Fsp3) is 0.143.